The molecule has 7 heteroatoms. The van der Waals surface area contributed by atoms with Crippen LogP contribution in [0, 0.1) is 6.92 Å². The summed E-state index contributed by atoms with van der Waals surface area (Å²) in [6, 6.07) is 3.91. The van der Waals surface area contributed by atoms with Gasteiger partial charge in [-0.1, -0.05) is 17.7 Å². The molecule has 1 aromatic rings. The van der Waals surface area contributed by atoms with Crippen LogP contribution in [0.5, 0.6) is 0 Å². The molecule has 1 aromatic carbocycles. The number of carbonyl (C=O) groups is 1. The van der Waals surface area contributed by atoms with E-state index in [1.807, 2.05) is 0 Å². The smallest absolute Gasteiger partial charge is 0.245 e. The maximum absolute atomic E-state index is 12.2. The van der Waals surface area contributed by atoms with E-state index in [9.17, 15) is 13.2 Å². The third-order valence-electron chi connectivity index (χ3n) is 2.82. The Morgan fingerprint density at radius 3 is 2.47 bits per heavy atom. The van der Waals surface area contributed by atoms with E-state index in [0.29, 0.717) is 16.3 Å². The molecule has 1 rings (SSSR count). The van der Waals surface area contributed by atoms with E-state index in [4.69, 9.17) is 23.2 Å². The lowest BCUT2D eigenvalue weighted by atomic mass is 10.2. The first-order chi connectivity index (χ1) is 8.72. The van der Waals surface area contributed by atoms with Crippen LogP contribution < -0.4 is 4.31 Å². The molecule has 1 unspecified atom stereocenters. The maximum atomic E-state index is 12.2. The molecule has 0 saturated carbocycles. The largest absolute Gasteiger partial charge is 0.279 e. The Labute approximate surface area is 123 Å². The zero-order chi connectivity index (χ0) is 14.8. The molecule has 0 heterocycles. The van der Waals surface area contributed by atoms with E-state index in [2.05, 4.69) is 0 Å². The average molecular weight is 324 g/mol. The van der Waals surface area contributed by atoms with Gasteiger partial charge in [-0.15, -0.1) is 0 Å². The van der Waals surface area contributed by atoms with Gasteiger partial charge in [-0.05, 0) is 50.1 Å². The van der Waals surface area contributed by atoms with Gasteiger partial charge in [0.1, 0.15) is 6.04 Å². The van der Waals surface area contributed by atoms with Gasteiger partial charge >= 0.3 is 0 Å². The quantitative estimate of drug-likeness (QED) is 0.783. The summed E-state index contributed by atoms with van der Waals surface area (Å²) in [5, 5.41) is -0.306. The summed E-state index contributed by atoms with van der Waals surface area (Å²) in [5.74, 6) is -0.131. The molecule has 0 bridgehead atoms. The fourth-order valence-corrected chi connectivity index (χ4v) is 3.34. The zero-order valence-electron chi connectivity index (χ0n) is 10.9. The van der Waals surface area contributed by atoms with Crippen molar-refractivity contribution < 1.29 is 13.2 Å². The van der Waals surface area contributed by atoms with E-state index < -0.39 is 21.3 Å². The standard InChI is InChI=1S/C12H15Cl2NO3S/c1-4-19(17,18)15(9(3)12(14)16)11-7-5-6-10(13)8(11)2/h5-7,9H,4H2,1-3H3. The Kier molecular flexibility index (Phi) is 5.24. The third-order valence-corrected chi connectivity index (χ3v) is 5.39. The second-order valence-electron chi connectivity index (χ2n) is 4.06. The number of rotatable bonds is 5. The van der Waals surface area contributed by atoms with Crippen molar-refractivity contribution in [2.75, 3.05) is 10.1 Å². The monoisotopic (exact) mass is 323 g/mol. The molecule has 106 valence electrons. The number of benzene rings is 1. The Balaban J connectivity index is 3.49. The van der Waals surface area contributed by atoms with Crippen molar-refractivity contribution in [3.8, 4) is 0 Å². The topological polar surface area (TPSA) is 54.5 Å². The minimum Gasteiger partial charge on any atom is -0.279 e. The molecule has 0 aromatic heterocycles. The number of carbonyl (C=O) groups excluding carboxylic acids is 1. The van der Waals surface area contributed by atoms with Crippen LogP contribution >= 0.6 is 23.2 Å². The van der Waals surface area contributed by atoms with E-state index in [1.165, 1.54) is 13.8 Å². The molecule has 0 N–H and O–H groups in total. The lowest BCUT2D eigenvalue weighted by Gasteiger charge is -2.29. The molecule has 0 saturated heterocycles. The maximum Gasteiger partial charge on any atom is 0.245 e. The first kappa shape index (κ1) is 16.3. The average Bonchev–Trinajstić information content (AvgIpc) is 2.34. The molecular formula is C12H15Cl2NO3S. The molecule has 0 aliphatic rings. The van der Waals surface area contributed by atoms with E-state index >= 15 is 0 Å². The highest BCUT2D eigenvalue weighted by atomic mass is 35.5. The van der Waals surface area contributed by atoms with Crippen LogP contribution in [0.1, 0.15) is 19.4 Å². The van der Waals surface area contributed by atoms with Gasteiger partial charge in [0.25, 0.3) is 0 Å². The number of halogens is 2. The second-order valence-corrected chi connectivity index (χ2v) is 6.97. The van der Waals surface area contributed by atoms with Crippen molar-refractivity contribution in [3.05, 3.63) is 28.8 Å². The van der Waals surface area contributed by atoms with Crippen LogP contribution in [-0.2, 0) is 14.8 Å². The summed E-state index contributed by atoms with van der Waals surface area (Å²) >= 11 is 11.4. The molecule has 0 fully saturated rings. The molecule has 19 heavy (non-hydrogen) atoms. The highest BCUT2D eigenvalue weighted by molar-refractivity contribution is 7.92. The second kappa shape index (κ2) is 6.11. The van der Waals surface area contributed by atoms with Crippen molar-refractivity contribution in [3.63, 3.8) is 0 Å². The predicted octanol–water partition coefficient (Wildman–Crippen LogP) is 2.96. The highest BCUT2D eigenvalue weighted by Crippen LogP contribution is 2.30. The Morgan fingerprint density at radius 1 is 1.42 bits per heavy atom. The Morgan fingerprint density at radius 2 is 2.00 bits per heavy atom. The molecule has 1 atom stereocenters. The van der Waals surface area contributed by atoms with Gasteiger partial charge < -0.3 is 0 Å². The number of hydrogen-bond donors (Lipinski definition) is 0. The minimum atomic E-state index is -3.63. The van der Waals surface area contributed by atoms with Crippen molar-refractivity contribution in [2.45, 2.75) is 26.8 Å². The lowest BCUT2D eigenvalue weighted by molar-refractivity contribution is -0.112. The number of sulfonamides is 1. The van der Waals surface area contributed by atoms with Crippen LogP contribution in [-0.4, -0.2) is 25.5 Å². The molecular weight excluding hydrogens is 309 g/mol. The summed E-state index contributed by atoms with van der Waals surface area (Å²) in [6.45, 7) is 4.65. The Bertz CT molecular complexity index is 587. The molecule has 0 aliphatic carbocycles. The molecule has 4 nitrogen and oxygen atoms in total. The fourth-order valence-electron chi connectivity index (χ4n) is 1.67. The molecule has 0 amide bonds. The molecule has 0 radical (unpaired) electrons. The van der Waals surface area contributed by atoms with Gasteiger partial charge in [0, 0.05) is 5.02 Å². The van der Waals surface area contributed by atoms with Crippen molar-refractivity contribution in [1.29, 1.82) is 0 Å². The predicted molar refractivity (Wildman–Crippen MR) is 78.5 cm³/mol. The fraction of sp³-hybridized carbons (Fsp3) is 0.417. The van der Waals surface area contributed by atoms with Crippen LogP contribution in [0.15, 0.2) is 18.2 Å². The van der Waals surface area contributed by atoms with Gasteiger partial charge in [-0.25, -0.2) is 8.42 Å². The third kappa shape index (κ3) is 3.41. The highest BCUT2D eigenvalue weighted by Gasteiger charge is 2.31. The number of hydrogen-bond acceptors (Lipinski definition) is 3. The molecule has 0 aliphatic heterocycles. The van der Waals surface area contributed by atoms with Gasteiger partial charge in [0.2, 0.25) is 15.3 Å². The minimum absolute atomic E-state index is 0.131. The van der Waals surface area contributed by atoms with Gasteiger partial charge in [0.15, 0.2) is 0 Å². The molecule has 0 spiro atoms. The normalized spacial score (nSPS) is 13.1. The van der Waals surface area contributed by atoms with Gasteiger partial charge in [-0.2, -0.15) is 0 Å². The lowest BCUT2D eigenvalue weighted by Crippen LogP contribution is -2.43. The first-order valence-electron chi connectivity index (χ1n) is 5.69. The van der Waals surface area contributed by atoms with E-state index in [-0.39, 0.29) is 5.75 Å². The summed E-state index contributed by atoms with van der Waals surface area (Å²) in [4.78, 5) is 11.3. The number of anilines is 1. The van der Waals surface area contributed by atoms with Crippen LogP contribution in [0.3, 0.4) is 0 Å². The van der Waals surface area contributed by atoms with Gasteiger partial charge in [-0.3, -0.25) is 9.10 Å². The van der Waals surface area contributed by atoms with Crippen LogP contribution in [0.25, 0.3) is 0 Å². The summed E-state index contributed by atoms with van der Waals surface area (Å²) in [7, 11) is -3.63. The zero-order valence-corrected chi connectivity index (χ0v) is 13.2. The van der Waals surface area contributed by atoms with Crippen LogP contribution in [0.2, 0.25) is 5.02 Å². The van der Waals surface area contributed by atoms with Gasteiger partial charge in [0.05, 0.1) is 11.4 Å². The van der Waals surface area contributed by atoms with Crippen molar-refractivity contribution in [2.24, 2.45) is 0 Å². The van der Waals surface area contributed by atoms with Crippen molar-refractivity contribution >= 4 is 44.2 Å². The van der Waals surface area contributed by atoms with E-state index in [1.54, 1.807) is 25.1 Å². The SMILES string of the molecule is CCS(=O)(=O)N(c1cccc(Cl)c1C)C(C)C(=O)Cl. The first-order valence-corrected chi connectivity index (χ1v) is 8.05. The van der Waals surface area contributed by atoms with Crippen molar-refractivity contribution in [1.82, 2.24) is 0 Å². The Hall–Kier alpha value is -0.780. The van der Waals surface area contributed by atoms with E-state index in [0.717, 1.165) is 4.31 Å². The number of nitrogens with zero attached hydrogens (tertiary/aromatic N) is 1. The summed E-state index contributed by atoms with van der Waals surface area (Å²) < 4.78 is 25.4. The summed E-state index contributed by atoms with van der Waals surface area (Å²) in [6.07, 6.45) is 0. The van der Waals surface area contributed by atoms with Crippen LogP contribution in [0.4, 0.5) is 5.69 Å². The summed E-state index contributed by atoms with van der Waals surface area (Å²) in [5.41, 5.74) is 0.960.